The maximum absolute atomic E-state index is 5.69. The SMILES string of the molecule is NNC(CC1CCCO1)CC1Cc2ccccc21. The van der Waals surface area contributed by atoms with Crippen molar-refractivity contribution in [1.29, 1.82) is 0 Å². The lowest BCUT2D eigenvalue weighted by Gasteiger charge is -2.33. The van der Waals surface area contributed by atoms with Crippen molar-refractivity contribution in [2.45, 2.75) is 50.2 Å². The van der Waals surface area contributed by atoms with Crippen LogP contribution in [0.2, 0.25) is 0 Å². The molecular weight excluding hydrogens is 224 g/mol. The number of hydrogen-bond acceptors (Lipinski definition) is 3. The second-order valence-electron chi connectivity index (χ2n) is 5.57. The Balaban J connectivity index is 1.55. The standard InChI is InChI=1S/C15H22N2O/c16-17-13(10-14-5-3-7-18-14)9-12-8-11-4-1-2-6-15(11)12/h1-2,4,6,12-14,17H,3,5,7-10,16H2. The van der Waals surface area contributed by atoms with Gasteiger partial charge in [-0.25, -0.2) is 0 Å². The molecule has 0 spiro atoms. The first-order chi connectivity index (χ1) is 8.86. The third-order valence-corrected chi connectivity index (χ3v) is 4.34. The summed E-state index contributed by atoms with van der Waals surface area (Å²) in [5, 5.41) is 0. The molecule has 1 aromatic carbocycles. The first-order valence-electron chi connectivity index (χ1n) is 7.02. The number of benzene rings is 1. The predicted molar refractivity (Wildman–Crippen MR) is 72.2 cm³/mol. The van der Waals surface area contributed by atoms with E-state index in [1.54, 1.807) is 0 Å². The van der Waals surface area contributed by atoms with Crippen LogP contribution in [0, 0.1) is 0 Å². The van der Waals surface area contributed by atoms with E-state index in [-0.39, 0.29) is 0 Å². The molecule has 1 fully saturated rings. The Bertz CT molecular complexity index is 401. The molecule has 3 heteroatoms. The van der Waals surface area contributed by atoms with Crippen molar-refractivity contribution in [2.75, 3.05) is 6.61 Å². The third kappa shape index (κ3) is 2.44. The van der Waals surface area contributed by atoms with Crippen molar-refractivity contribution in [2.24, 2.45) is 5.84 Å². The Labute approximate surface area is 109 Å². The molecule has 0 radical (unpaired) electrons. The summed E-state index contributed by atoms with van der Waals surface area (Å²) in [6, 6.07) is 9.13. The molecule has 0 amide bonds. The van der Waals surface area contributed by atoms with Gasteiger partial charge in [-0.15, -0.1) is 0 Å². The van der Waals surface area contributed by atoms with Gasteiger partial charge in [0.15, 0.2) is 0 Å². The van der Waals surface area contributed by atoms with Crippen LogP contribution in [0.3, 0.4) is 0 Å². The van der Waals surface area contributed by atoms with Gasteiger partial charge in [0.2, 0.25) is 0 Å². The molecular formula is C15H22N2O. The number of hydrogen-bond donors (Lipinski definition) is 2. The molecule has 1 aliphatic heterocycles. The van der Waals surface area contributed by atoms with Gasteiger partial charge in [-0.3, -0.25) is 11.3 Å². The number of nitrogens with one attached hydrogen (secondary N) is 1. The molecule has 3 unspecified atom stereocenters. The largest absolute Gasteiger partial charge is 0.378 e. The number of rotatable bonds is 5. The van der Waals surface area contributed by atoms with Gasteiger partial charge in [0.25, 0.3) is 0 Å². The molecule has 98 valence electrons. The monoisotopic (exact) mass is 246 g/mol. The summed E-state index contributed by atoms with van der Waals surface area (Å²) in [4.78, 5) is 0. The van der Waals surface area contributed by atoms with Crippen molar-refractivity contribution in [3.63, 3.8) is 0 Å². The molecule has 3 nitrogen and oxygen atoms in total. The fraction of sp³-hybridized carbons (Fsp3) is 0.600. The lowest BCUT2D eigenvalue weighted by molar-refractivity contribution is 0.0924. The molecule has 3 N–H and O–H groups in total. The first kappa shape index (κ1) is 12.2. The Morgan fingerprint density at radius 1 is 1.33 bits per heavy atom. The molecule has 1 aromatic rings. The average Bonchev–Trinajstić information content (AvgIpc) is 2.87. The van der Waals surface area contributed by atoms with Gasteiger partial charge in [-0.2, -0.15) is 0 Å². The smallest absolute Gasteiger partial charge is 0.0591 e. The second kappa shape index (κ2) is 5.39. The molecule has 1 aliphatic carbocycles. The van der Waals surface area contributed by atoms with Crippen LogP contribution in [-0.2, 0) is 11.2 Å². The van der Waals surface area contributed by atoms with E-state index in [4.69, 9.17) is 10.6 Å². The lowest BCUT2D eigenvalue weighted by Crippen LogP contribution is -2.40. The van der Waals surface area contributed by atoms with Crippen LogP contribution in [0.4, 0.5) is 0 Å². The molecule has 0 saturated carbocycles. The summed E-state index contributed by atoms with van der Waals surface area (Å²) in [7, 11) is 0. The predicted octanol–water partition coefficient (Wildman–Crippen LogP) is 2.12. The van der Waals surface area contributed by atoms with Crippen LogP contribution in [0.25, 0.3) is 0 Å². The fourth-order valence-corrected chi connectivity index (χ4v) is 3.30. The van der Waals surface area contributed by atoms with Gasteiger partial charge in [0.05, 0.1) is 6.10 Å². The minimum atomic E-state index is 0.381. The Kier molecular flexibility index (Phi) is 3.64. The van der Waals surface area contributed by atoms with Gasteiger partial charge in [0, 0.05) is 12.6 Å². The Morgan fingerprint density at radius 3 is 2.94 bits per heavy atom. The van der Waals surface area contributed by atoms with Crippen molar-refractivity contribution in [3.05, 3.63) is 35.4 Å². The van der Waals surface area contributed by atoms with Crippen molar-refractivity contribution in [1.82, 2.24) is 5.43 Å². The molecule has 0 bridgehead atoms. The topological polar surface area (TPSA) is 47.3 Å². The maximum atomic E-state index is 5.69. The van der Waals surface area contributed by atoms with E-state index in [0.717, 1.165) is 19.4 Å². The van der Waals surface area contributed by atoms with Gasteiger partial charge < -0.3 is 4.74 Å². The van der Waals surface area contributed by atoms with Crippen molar-refractivity contribution < 1.29 is 4.74 Å². The summed E-state index contributed by atoms with van der Waals surface area (Å²) in [6.45, 7) is 0.925. The molecule has 1 saturated heterocycles. The molecule has 3 atom stereocenters. The fourth-order valence-electron chi connectivity index (χ4n) is 3.30. The summed E-state index contributed by atoms with van der Waals surface area (Å²) >= 11 is 0. The van der Waals surface area contributed by atoms with Gasteiger partial charge >= 0.3 is 0 Å². The number of hydrazine groups is 1. The highest BCUT2D eigenvalue weighted by molar-refractivity contribution is 5.39. The van der Waals surface area contributed by atoms with Gasteiger partial charge in [0.1, 0.15) is 0 Å². The minimum Gasteiger partial charge on any atom is -0.378 e. The third-order valence-electron chi connectivity index (χ3n) is 4.34. The Morgan fingerprint density at radius 2 is 2.22 bits per heavy atom. The lowest BCUT2D eigenvalue weighted by atomic mass is 9.74. The zero-order chi connectivity index (χ0) is 12.4. The summed E-state index contributed by atoms with van der Waals surface area (Å²) in [6.07, 6.45) is 6.21. The van der Waals surface area contributed by atoms with E-state index in [2.05, 4.69) is 29.7 Å². The zero-order valence-electron chi connectivity index (χ0n) is 10.8. The van der Waals surface area contributed by atoms with Crippen molar-refractivity contribution in [3.8, 4) is 0 Å². The van der Waals surface area contributed by atoms with Crippen LogP contribution in [0.15, 0.2) is 24.3 Å². The zero-order valence-corrected chi connectivity index (χ0v) is 10.8. The van der Waals surface area contributed by atoms with Gasteiger partial charge in [-0.05, 0) is 49.1 Å². The quantitative estimate of drug-likeness (QED) is 0.618. The maximum Gasteiger partial charge on any atom is 0.0591 e. The van der Waals surface area contributed by atoms with E-state index in [9.17, 15) is 0 Å². The molecule has 1 heterocycles. The van der Waals surface area contributed by atoms with Crippen LogP contribution in [-0.4, -0.2) is 18.8 Å². The summed E-state index contributed by atoms with van der Waals surface area (Å²) in [5.74, 6) is 6.38. The van der Waals surface area contributed by atoms with E-state index >= 15 is 0 Å². The van der Waals surface area contributed by atoms with Crippen LogP contribution >= 0.6 is 0 Å². The first-order valence-corrected chi connectivity index (χ1v) is 7.02. The van der Waals surface area contributed by atoms with Crippen LogP contribution in [0.5, 0.6) is 0 Å². The van der Waals surface area contributed by atoms with E-state index in [1.165, 1.54) is 30.4 Å². The van der Waals surface area contributed by atoms with Crippen LogP contribution in [0.1, 0.15) is 42.7 Å². The van der Waals surface area contributed by atoms with Crippen molar-refractivity contribution >= 4 is 0 Å². The highest BCUT2D eigenvalue weighted by Gasteiger charge is 2.29. The highest BCUT2D eigenvalue weighted by Crippen LogP contribution is 2.38. The summed E-state index contributed by atoms with van der Waals surface area (Å²) in [5.41, 5.74) is 6.01. The average molecular weight is 246 g/mol. The molecule has 2 aliphatic rings. The number of nitrogens with two attached hydrogens (primary N) is 1. The normalized spacial score (nSPS) is 27.6. The highest BCUT2D eigenvalue weighted by atomic mass is 16.5. The molecule has 18 heavy (non-hydrogen) atoms. The minimum absolute atomic E-state index is 0.381. The van der Waals surface area contributed by atoms with E-state index < -0.39 is 0 Å². The van der Waals surface area contributed by atoms with E-state index in [0.29, 0.717) is 18.1 Å². The molecule has 0 aromatic heterocycles. The number of ether oxygens (including phenoxy) is 1. The molecule has 3 rings (SSSR count). The second-order valence-corrected chi connectivity index (χ2v) is 5.57. The number of fused-ring (bicyclic) bond motifs is 1. The summed E-state index contributed by atoms with van der Waals surface area (Å²) < 4.78 is 5.69. The Hall–Kier alpha value is -0.900. The van der Waals surface area contributed by atoms with Gasteiger partial charge in [-0.1, -0.05) is 24.3 Å². The van der Waals surface area contributed by atoms with Crippen LogP contribution < -0.4 is 11.3 Å². The van der Waals surface area contributed by atoms with E-state index in [1.807, 2.05) is 0 Å².